The number of halogens is 2. The van der Waals surface area contributed by atoms with Gasteiger partial charge in [-0.2, -0.15) is 0 Å². The van der Waals surface area contributed by atoms with Gasteiger partial charge in [0.2, 0.25) is 5.90 Å². The number of carbonyl (C=O) groups is 1. The van der Waals surface area contributed by atoms with Gasteiger partial charge in [0, 0.05) is 12.8 Å². The molecule has 0 saturated heterocycles. The zero-order valence-electron chi connectivity index (χ0n) is 16.3. The van der Waals surface area contributed by atoms with Crippen LogP contribution in [0, 0.1) is 11.6 Å². The molecule has 3 unspecified atom stereocenters. The average Bonchev–Trinajstić information content (AvgIpc) is 3.43. The first kappa shape index (κ1) is 20.2. The van der Waals surface area contributed by atoms with Crippen LogP contribution in [0.3, 0.4) is 0 Å². The van der Waals surface area contributed by atoms with Crippen LogP contribution in [-0.2, 0) is 14.4 Å². The Morgan fingerprint density at radius 2 is 1.90 bits per heavy atom. The lowest BCUT2D eigenvalue weighted by Gasteiger charge is -2.14. The Morgan fingerprint density at radius 3 is 2.57 bits per heavy atom. The van der Waals surface area contributed by atoms with E-state index in [9.17, 15) is 13.6 Å². The van der Waals surface area contributed by atoms with Gasteiger partial charge in [0.05, 0.1) is 5.71 Å². The van der Waals surface area contributed by atoms with E-state index in [0.717, 1.165) is 11.1 Å². The molecule has 0 amide bonds. The van der Waals surface area contributed by atoms with E-state index in [-0.39, 0.29) is 29.9 Å². The molecule has 0 aliphatic carbocycles. The fourth-order valence-electron chi connectivity index (χ4n) is 3.48. The van der Waals surface area contributed by atoms with Gasteiger partial charge in [0.15, 0.2) is 11.9 Å². The van der Waals surface area contributed by atoms with Gasteiger partial charge in [0.1, 0.15) is 35.9 Å². The Hall–Kier alpha value is -3.13. The highest BCUT2D eigenvalue weighted by atomic mass is 19.1. The molecule has 0 saturated carbocycles. The van der Waals surface area contributed by atoms with Crippen molar-refractivity contribution >= 4 is 17.4 Å². The Balaban J connectivity index is 1.46. The summed E-state index contributed by atoms with van der Waals surface area (Å²) in [6.45, 7) is 1.96. The predicted octanol–water partition coefficient (Wildman–Crippen LogP) is 3.28. The Kier molecular flexibility index (Phi) is 5.59. The first-order valence-electron chi connectivity index (χ1n) is 9.74. The van der Waals surface area contributed by atoms with Crippen LogP contribution in [-0.4, -0.2) is 36.1 Å². The number of benzene rings is 2. The maximum Gasteiger partial charge on any atom is 0.222 e. The van der Waals surface area contributed by atoms with Crippen LogP contribution in [0.1, 0.15) is 42.5 Å². The van der Waals surface area contributed by atoms with E-state index in [2.05, 4.69) is 10.1 Å². The SMILES string of the molecule is CCC(=O)C(N)C1CC(c2ccc(C3COC(c4c(F)cccc4F)=N3)cc2)=NO1. The van der Waals surface area contributed by atoms with Crippen molar-refractivity contribution in [2.75, 3.05) is 6.61 Å². The lowest BCUT2D eigenvalue weighted by molar-refractivity contribution is -0.123. The summed E-state index contributed by atoms with van der Waals surface area (Å²) in [6.07, 6.45) is 0.347. The molecule has 0 aromatic heterocycles. The van der Waals surface area contributed by atoms with Gasteiger partial charge in [-0.3, -0.25) is 4.79 Å². The average molecular weight is 413 g/mol. The van der Waals surface area contributed by atoms with Gasteiger partial charge in [-0.15, -0.1) is 0 Å². The van der Waals surface area contributed by atoms with Gasteiger partial charge >= 0.3 is 0 Å². The molecule has 0 spiro atoms. The topological polar surface area (TPSA) is 86.3 Å². The highest BCUT2D eigenvalue weighted by Crippen LogP contribution is 2.28. The number of rotatable bonds is 6. The van der Waals surface area contributed by atoms with Crippen LogP contribution >= 0.6 is 0 Å². The first-order valence-corrected chi connectivity index (χ1v) is 9.74. The van der Waals surface area contributed by atoms with Crippen LogP contribution in [0.15, 0.2) is 52.6 Å². The summed E-state index contributed by atoms with van der Waals surface area (Å²) in [4.78, 5) is 21.5. The highest BCUT2D eigenvalue weighted by molar-refractivity contribution is 6.02. The number of aliphatic imine (C=N–C) groups is 1. The summed E-state index contributed by atoms with van der Waals surface area (Å²) in [5.41, 5.74) is 8.09. The quantitative estimate of drug-likeness (QED) is 0.788. The molecular formula is C22H21F2N3O3. The van der Waals surface area contributed by atoms with Crippen molar-refractivity contribution in [3.8, 4) is 0 Å². The van der Waals surface area contributed by atoms with Crippen molar-refractivity contribution in [1.29, 1.82) is 0 Å². The fourth-order valence-corrected chi connectivity index (χ4v) is 3.48. The number of ketones is 1. The van der Waals surface area contributed by atoms with E-state index in [4.69, 9.17) is 15.3 Å². The maximum absolute atomic E-state index is 14.0. The first-order chi connectivity index (χ1) is 14.5. The van der Waals surface area contributed by atoms with E-state index in [0.29, 0.717) is 18.6 Å². The third kappa shape index (κ3) is 3.82. The zero-order valence-corrected chi connectivity index (χ0v) is 16.3. The van der Waals surface area contributed by atoms with Crippen molar-refractivity contribution in [2.24, 2.45) is 15.9 Å². The molecule has 0 bridgehead atoms. The Bertz CT molecular complexity index is 1000. The Labute approximate surface area is 172 Å². The number of ether oxygens (including phenoxy) is 1. The smallest absolute Gasteiger partial charge is 0.222 e. The summed E-state index contributed by atoms with van der Waals surface area (Å²) >= 11 is 0. The van der Waals surface area contributed by atoms with Crippen LogP contribution < -0.4 is 5.73 Å². The predicted molar refractivity (Wildman–Crippen MR) is 107 cm³/mol. The molecule has 2 N–H and O–H groups in total. The number of nitrogens with zero attached hydrogens (tertiary/aromatic N) is 2. The van der Waals surface area contributed by atoms with Crippen molar-refractivity contribution in [1.82, 2.24) is 0 Å². The van der Waals surface area contributed by atoms with E-state index in [1.54, 1.807) is 6.92 Å². The van der Waals surface area contributed by atoms with Crippen LogP contribution in [0.25, 0.3) is 0 Å². The van der Waals surface area contributed by atoms with Crippen molar-refractivity contribution in [3.63, 3.8) is 0 Å². The Morgan fingerprint density at radius 1 is 1.20 bits per heavy atom. The van der Waals surface area contributed by atoms with Crippen molar-refractivity contribution in [3.05, 3.63) is 70.8 Å². The largest absolute Gasteiger partial charge is 0.475 e. The van der Waals surface area contributed by atoms with Crippen LogP contribution in [0.2, 0.25) is 0 Å². The molecule has 30 heavy (non-hydrogen) atoms. The summed E-state index contributed by atoms with van der Waals surface area (Å²) in [6, 6.07) is 10.0. The summed E-state index contributed by atoms with van der Waals surface area (Å²) in [5.74, 6) is -1.52. The highest BCUT2D eigenvalue weighted by Gasteiger charge is 2.32. The van der Waals surface area contributed by atoms with E-state index < -0.39 is 23.8 Å². The molecule has 4 rings (SSSR count). The van der Waals surface area contributed by atoms with Gasteiger partial charge < -0.3 is 15.3 Å². The molecule has 3 atom stereocenters. The minimum Gasteiger partial charge on any atom is -0.475 e. The second kappa shape index (κ2) is 8.31. The lowest BCUT2D eigenvalue weighted by Crippen LogP contribution is -2.41. The second-order valence-corrected chi connectivity index (χ2v) is 7.21. The second-order valence-electron chi connectivity index (χ2n) is 7.21. The van der Waals surface area contributed by atoms with E-state index in [1.165, 1.54) is 18.2 Å². The minimum absolute atomic E-state index is 0.0364. The number of Topliss-reactive ketones (excluding diaryl/α,β-unsaturated/α-hetero) is 1. The molecule has 2 aliphatic heterocycles. The number of oxime groups is 1. The summed E-state index contributed by atoms with van der Waals surface area (Å²) < 4.78 is 33.4. The van der Waals surface area contributed by atoms with E-state index in [1.807, 2.05) is 24.3 Å². The van der Waals surface area contributed by atoms with Gasteiger partial charge in [-0.25, -0.2) is 13.8 Å². The normalized spacial score (nSPS) is 21.5. The third-order valence-corrected chi connectivity index (χ3v) is 5.27. The third-order valence-electron chi connectivity index (χ3n) is 5.27. The summed E-state index contributed by atoms with van der Waals surface area (Å²) in [5, 5.41) is 4.07. The molecule has 2 aromatic rings. The fraction of sp³-hybridized carbons (Fsp3) is 0.318. The molecule has 6 nitrogen and oxygen atoms in total. The number of carbonyl (C=O) groups excluding carboxylic acids is 1. The van der Waals surface area contributed by atoms with Crippen LogP contribution in [0.4, 0.5) is 8.78 Å². The lowest BCUT2D eigenvalue weighted by atomic mass is 9.97. The van der Waals surface area contributed by atoms with Gasteiger partial charge in [-0.05, 0) is 23.3 Å². The number of hydrogen-bond acceptors (Lipinski definition) is 6. The standard InChI is InChI=1S/C22H21F2N3O3/c1-2-18(28)21(25)19-10-16(27-30-19)12-6-8-13(9-7-12)17-11-29-22(26-17)20-14(23)4-3-5-15(20)24/h3-9,17,19,21H,2,10-11,25H2,1H3. The zero-order chi connectivity index (χ0) is 21.3. The molecule has 2 aliphatic rings. The van der Waals surface area contributed by atoms with Crippen molar-refractivity contribution in [2.45, 2.75) is 38.0 Å². The maximum atomic E-state index is 14.0. The summed E-state index contributed by atoms with van der Waals surface area (Å²) in [7, 11) is 0. The van der Waals surface area contributed by atoms with Crippen LogP contribution in [0.5, 0.6) is 0 Å². The molecule has 8 heteroatoms. The van der Waals surface area contributed by atoms with Gasteiger partial charge in [-0.1, -0.05) is 42.4 Å². The minimum atomic E-state index is -0.710. The monoisotopic (exact) mass is 413 g/mol. The molecule has 2 aromatic carbocycles. The number of nitrogens with two attached hydrogens (primary N) is 1. The molecule has 2 heterocycles. The molecular weight excluding hydrogens is 392 g/mol. The van der Waals surface area contributed by atoms with Gasteiger partial charge in [0.25, 0.3) is 0 Å². The number of hydrogen-bond donors (Lipinski definition) is 1. The van der Waals surface area contributed by atoms with Crippen molar-refractivity contribution < 1.29 is 23.1 Å². The van der Waals surface area contributed by atoms with E-state index >= 15 is 0 Å². The molecule has 156 valence electrons. The molecule has 0 radical (unpaired) electrons. The molecule has 0 fully saturated rings.